The summed E-state index contributed by atoms with van der Waals surface area (Å²) in [5.41, 5.74) is 0.128. The van der Waals surface area contributed by atoms with Crippen LogP contribution in [0, 0.1) is 0 Å². The van der Waals surface area contributed by atoms with Gasteiger partial charge in [-0.1, -0.05) is 39.8 Å². The van der Waals surface area contributed by atoms with Crippen LogP contribution in [-0.2, 0) is 14.8 Å². The fraction of sp³-hybridized carbons (Fsp3) is 0.429. The van der Waals surface area contributed by atoms with E-state index in [1.54, 1.807) is 12.1 Å². The number of carbonyl (C=O) groups excluding carboxylic acids is 2. The molecule has 0 aliphatic carbocycles. The molecule has 0 aromatic heterocycles. The molecule has 0 saturated carbocycles. The molecule has 0 fully saturated rings. The lowest BCUT2D eigenvalue weighted by Gasteiger charge is -2.12. The van der Waals surface area contributed by atoms with E-state index in [1.165, 1.54) is 19.1 Å². The number of benzene rings is 1. The molecule has 20 heavy (non-hydrogen) atoms. The third kappa shape index (κ3) is 3.45. The Hall–Kier alpha value is -1.69. The van der Waals surface area contributed by atoms with Gasteiger partial charge in [-0.2, -0.15) is 0 Å². The second-order valence-electron chi connectivity index (χ2n) is 3.52. The van der Waals surface area contributed by atoms with Gasteiger partial charge in [0, 0.05) is 0 Å². The lowest BCUT2D eigenvalue weighted by atomic mass is 10.2. The van der Waals surface area contributed by atoms with Gasteiger partial charge in [-0.15, -0.1) is 0 Å². The van der Waals surface area contributed by atoms with Crippen molar-refractivity contribution in [3.63, 3.8) is 0 Å². The molecule has 1 aromatic carbocycles. The van der Waals surface area contributed by atoms with Gasteiger partial charge in [-0.3, -0.25) is 9.59 Å². The second kappa shape index (κ2) is 7.79. The van der Waals surface area contributed by atoms with Crippen LogP contribution in [0.3, 0.4) is 0 Å². The van der Waals surface area contributed by atoms with Gasteiger partial charge in [0.05, 0.1) is 12.1 Å². The fourth-order valence-corrected chi connectivity index (χ4v) is 3.18. The van der Waals surface area contributed by atoms with Gasteiger partial charge in [0.25, 0.3) is 15.9 Å². The van der Waals surface area contributed by atoms with Crippen LogP contribution in [0.25, 0.3) is 0 Å². The van der Waals surface area contributed by atoms with Crippen molar-refractivity contribution in [2.75, 3.05) is 6.54 Å². The van der Waals surface area contributed by atoms with Crippen molar-refractivity contribution in [1.82, 2.24) is 4.31 Å². The largest absolute Gasteiger partial charge is 0.298 e. The lowest BCUT2D eigenvalue weighted by Crippen LogP contribution is -2.34. The van der Waals surface area contributed by atoms with E-state index in [2.05, 4.69) is 0 Å². The van der Waals surface area contributed by atoms with Crippen molar-refractivity contribution in [2.45, 2.75) is 39.5 Å². The van der Waals surface area contributed by atoms with Gasteiger partial charge in [0.15, 0.2) is 0 Å². The normalized spacial score (nSPS) is 14.4. The van der Waals surface area contributed by atoms with Crippen molar-refractivity contribution in [3.8, 4) is 0 Å². The molecule has 1 aliphatic rings. The highest BCUT2D eigenvalue weighted by molar-refractivity contribution is 7.90. The molecule has 0 atom stereocenters. The van der Waals surface area contributed by atoms with Crippen LogP contribution in [0.15, 0.2) is 29.2 Å². The number of ketones is 1. The Morgan fingerprint density at radius 3 is 2.05 bits per heavy atom. The number of rotatable bonds is 2. The monoisotopic (exact) mass is 299 g/mol. The first-order valence-corrected chi connectivity index (χ1v) is 8.04. The van der Waals surface area contributed by atoms with E-state index in [9.17, 15) is 18.0 Å². The van der Waals surface area contributed by atoms with Crippen molar-refractivity contribution < 1.29 is 18.0 Å². The number of sulfonamides is 1. The molecule has 0 N–H and O–H groups in total. The fourth-order valence-electron chi connectivity index (χ4n) is 1.59. The molecule has 1 amide bonds. The van der Waals surface area contributed by atoms with Crippen LogP contribution >= 0.6 is 0 Å². The quantitative estimate of drug-likeness (QED) is 0.841. The number of hydrogen-bond donors (Lipinski definition) is 0. The van der Waals surface area contributed by atoms with E-state index in [4.69, 9.17) is 0 Å². The SMILES string of the molecule is CC.CC.CC(=O)CN1C(=O)c2ccccc2S1(=O)=O. The average molecular weight is 299 g/mol. The van der Waals surface area contributed by atoms with Crippen molar-refractivity contribution in [2.24, 2.45) is 0 Å². The maximum absolute atomic E-state index is 11.9. The topological polar surface area (TPSA) is 71.5 Å². The summed E-state index contributed by atoms with van der Waals surface area (Å²) in [5, 5.41) is 0. The zero-order valence-corrected chi connectivity index (χ0v) is 13.3. The summed E-state index contributed by atoms with van der Waals surface area (Å²) >= 11 is 0. The molecule has 0 bridgehead atoms. The lowest BCUT2D eigenvalue weighted by molar-refractivity contribution is -0.116. The van der Waals surface area contributed by atoms with Crippen LogP contribution in [0.1, 0.15) is 45.0 Å². The molecule has 2 rings (SSSR count). The van der Waals surface area contributed by atoms with Gasteiger partial charge in [0.1, 0.15) is 10.7 Å². The zero-order chi connectivity index (χ0) is 15.9. The molecule has 0 unspecified atom stereocenters. The minimum atomic E-state index is -3.83. The molecule has 1 heterocycles. The van der Waals surface area contributed by atoms with Gasteiger partial charge < -0.3 is 0 Å². The predicted molar refractivity (Wildman–Crippen MR) is 78.0 cm³/mol. The number of nitrogens with zero attached hydrogens (tertiary/aromatic N) is 1. The van der Waals surface area contributed by atoms with Gasteiger partial charge in [-0.05, 0) is 19.1 Å². The Kier molecular flexibility index (Phi) is 7.13. The summed E-state index contributed by atoms with van der Waals surface area (Å²) in [6, 6.07) is 5.93. The van der Waals surface area contributed by atoms with Crippen LogP contribution in [-0.4, -0.2) is 31.0 Å². The van der Waals surface area contributed by atoms with E-state index < -0.39 is 22.5 Å². The molecule has 0 radical (unpaired) electrons. The van der Waals surface area contributed by atoms with E-state index in [0.717, 1.165) is 0 Å². The van der Waals surface area contributed by atoms with Gasteiger partial charge in [-0.25, -0.2) is 12.7 Å². The molecule has 0 saturated heterocycles. The van der Waals surface area contributed by atoms with Gasteiger partial charge >= 0.3 is 0 Å². The van der Waals surface area contributed by atoms with Crippen molar-refractivity contribution in [1.29, 1.82) is 0 Å². The second-order valence-corrected chi connectivity index (χ2v) is 5.35. The summed E-state index contributed by atoms with van der Waals surface area (Å²) in [7, 11) is -3.83. The Balaban J connectivity index is 0.000000829. The minimum absolute atomic E-state index is 0.0266. The van der Waals surface area contributed by atoms with Crippen LogP contribution in [0.2, 0.25) is 0 Å². The first kappa shape index (κ1) is 18.3. The van der Waals surface area contributed by atoms with E-state index in [1.807, 2.05) is 27.7 Å². The first-order valence-electron chi connectivity index (χ1n) is 6.60. The Labute approximate surface area is 120 Å². The third-order valence-electron chi connectivity index (χ3n) is 2.28. The zero-order valence-electron chi connectivity index (χ0n) is 12.5. The molecule has 1 aromatic rings. The highest BCUT2D eigenvalue weighted by atomic mass is 32.2. The third-order valence-corrected chi connectivity index (χ3v) is 4.07. The molecular weight excluding hydrogens is 278 g/mol. The number of amides is 1. The number of carbonyl (C=O) groups is 2. The van der Waals surface area contributed by atoms with E-state index in [-0.39, 0.29) is 16.2 Å². The Morgan fingerprint density at radius 1 is 1.10 bits per heavy atom. The minimum Gasteiger partial charge on any atom is -0.298 e. The van der Waals surface area contributed by atoms with Crippen LogP contribution < -0.4 is 0 Å². The van der Waals surface area contributed by atoms with Gasteiger partial charge in [0.2, 0.25) is 0 Å². The maximum atomic E-state index is 11.9. The standard InChI is InChI=1S/C10H9NO4S.2C2H6/c1-7(12)6-11-10(13)8-4-2-3-5-9(8)16(11,14)15;2*1-2/h2-5H,6H2,1H3;2*1-2H3. The highest BCUT2D eigenvalue weighted by Gasteiger charge is 2.41. The molecule has 0 spiro atoms. The average Bonchev–Trinajstić information content (AvgIpc) is 2.65. The molecule has 6 heteroatoms. The Morgan fingerprint density at radius 2 is 1.60 bits per heavy atom. The number of hydrogen-bond acceptors (Lipinski definition) is 4. The maximum Gasteiger partial charge on any atom is 0.269 e. The van der Waals surface area contributed by atoms with Crippen LogP contribution in [0.5, 0.6) is 0 Å². The molecule has 112 valence electrons. The smallest absolute Gasteiger partial charge is 0.269 e. The number of fused-ring (bicyclic) bond motifs is 1. The Bertz CT molecular complexity index is 579. The van der Waals surface area contributed by atoms with Crippen molar-refractivity contribution >= 4 is 21.7 Å². The first-order chi connectivity index (χ1) is 9.44. The van der Waals surface area contributed by atoms with E-state index in [0.29, 0.717) is 4.31 Å². The summed E-state index contributed by atoms with van der Waals surface area (Å²) in [6.07, 6.45) is 0. The summed E-state index contributed by atoms with van der Waals surface area (Å²) in [4.78, 5) is 22.6. The highest BCUT2D eigenvalue weighted by Crippen LogP contribution is 2.29. The molecule has 5 nitrogen and oxygen atoms in total. The molecular formula is C14H21NO4S. The van der Waals surface area contributed by atoms with Crippen LogP contribution in [0.4, 0.5) is 0 Å². The number of Topliss-reactive ketones (excluding diaryl/α,β-unsaturated/α-hetero) is 1. The van der Waals surface area contributed by atoms with E-state index >= 15 is 0 Å². The summed E-state index contributed by atoms with van der Waals surface area (Å²) in [5.74, 6) is -1.00. The molecule has 1 aliphatic heterocycles. The predicted octanol–water partition coefficient (Wildman–Crippen LogP) is 2.47. The summed E-state index contributed by atoms with van der Waals surface area (Å²) in [6.45, 7) is 8.83. The van der Waals surface area contributed by atoms with Crippen molar-refractivity contribution in [3.05, 3.63) is 29.8 Å². The summed E-state index contributed by atoms with van der Waals surface area (Å²) < 4.78 is 24.4.